The van der Waals surface area contributed by atoms with Crippen LogP contribution in [-0.4, -0.2) is 75.0 Å². The molecule has 30 heavy (non-hydrogen) atoms. The third-order valence-corrected chi connectivity index (χ3v) is 7.76. The fraction of sp³-hybridized carbons (Fsp3) is 0.476. The van der Waals surface area contributed by atoms with Crippen molar-refractivity contribution >= 4 is 21.5 Å². The Morgan fingerprint density at radius 3 is 2.33 bits per heavy atom. The third kappa shape index (κ3) is 4.58. The number of sulfonamides is 1. The van der Waals surface area contributed by atoms with Crippen molar-refractivity contribution in [1.29, 1.82) is 0 Å². The van der Waals surface area contributed by atoms with E-state index in [1.165, 1.54) is 16.6 Å². The fourth-order valence-electron chi connectivity index (χ4n) is 3.94. The summed E-state index contributed by atoms with van der Waals surface area (Å²) >= 11 is 0. The molecule has 0 unspecified atom stereocenters. The number of rotatable bonds is 5. The molecule has 2 fully saturated rings. The molecule has 0 bridgehead atoms. The summed E-state index contributed by atoms with van der Waals surface area (Å²) < 4.78 is 41.0. The van der Waals surface area contributed by atoms with Gasteiger partial charge in [0, 0.05) is 51.5 Å². The molecule has 1 N–H and O–H groups in total. The third-order valence-electron chi connectivity index (χ3n) is 5.87. The zero-order valence-corrected chi connectivity index (χ0v) is 18.0. The van der Waals surface area contributed by atoms with Crippen molar-refractivity contribution in [3.63, 3.8) is 0 Å². The Morgan fingerprint density at radius 1 is 1.00 bits per heavy atom. The van der Waals surface area contributed by atoms with Crippen molar-refractivity contribution < 1.29 is 12.8 Å². The lowest BCUT2D eigenvalue weighted by atomic mass is 10.0. The molecular formula is C21H28FN5O2S. The molecular weight excluding hydrogens is 405 g/mol. The number of para-hydroxylation sites is 1. The van der Waals surface area contributed by atoms with Gasteiger partial charge >= 0.3 is 0 Å². The van der Waals surface area contributed by atoms with E-state index >= 15 is 0 Å². The summed E-state index contributed by atoms with van der Waals surface area (Å²) in [5.74, 6) is 0.537. The Labute approximate surface area is 177 Å². The maximum absolute atomic E-state index is 13.8. The minimum Gasteiger partial charge on any atom is -0.380 e. The first-order valence-electron chi connectivity index (χ1n) is 10.3. The van der Waals surface area contributed by atoms with Crippen molar-refractivity contribution in [2.45, 2.75) is 23.8 Å². The van der Waals surface area contributed by atoms with Crippen LogP contribution in [0.3, 0.4) is 0 Å². The number of hydrogen-bond donors (Lipinski definition) is 1. The van der Waals surface area contributed by atoms with E-state index in [4.69, 9.17) is 0 Å². The highest BCUT2D eigenvalue weighted by atomic mass is 32.2. The number of hydrogen-bond acceptors (Lipinski definition) is 6. The number of pyridine rings is 1. The number of nitrogens with one attached hydrogen (secondary N) is 1. The summed E-state index contributed by atoms with van der Waals surface area (Å²) in [6, 6.07) is 10.4. The lowest BCUT2D eigenvalue weighted by Crippen LogP contribution is -2.47. The Balaban J connectivity index is 1.35. The number of nitrogens with zero attached hydrogens (tertiary/aromatic N) is 4. The maximum Gasteiger partial charge on any atom is 0.244 e. The van der Waals surface area contributed by atoms with Gasteiger partial charge in [0.15, 0.2) is 0 Å². The van der Waals surface area contributed by atoms with Crippen LogP contribution in [0.1, 0.15) is 12.8 Å². The molecule has 7 nitrogen and oxygen atoms in total. The minimum atomic E-state index is -3.50. The monoisotopic (exact) mass is 433 g/mol. The van der Waals surface area contributed by atoms with Gasteiger partial charge < -0.3 is 15.1 Å². The fourth-order valence-corrected chi connectivity index (χ4v) is 5.31. The molecule has 0 saturated carbocycles. The second-order valence-corrected chi connectivity index (χ2v) is 9.88. The predicted molar refractivity (Wildman–Crippen MR) is 116 cm³/mol. The summed E-state index contributed by atoms with van der Waals surface area (Å²) in [5, 5.41) is 3.28. The maximum atomic E-state index is 13.8. The van der Waals surface area contributed by atoms with Gasteiger partial charge in [0.1, 0.15) is 16.5 Å². The first-order valence-corrected chi connectivity index (χ1v) is 11.8. The number of halogens is 1. The van der Waals surface area contributed by atoms with Crippen molar-refractivity contribution in [2.24, 2.45) is 0 Å². The number of piperidine rings is 1. The van der Waals surface area contributed by atoms with Gasteiger partial charge in [0.2, 0.25) is 10.0 Å². The van der Waals surface area contributed by atoms with E-state index in [-0.39, 0.29) is 16.8 Å². The van der Waals surface area contributed by atoms with Crippen LogP contribution in [0.25, 0.3) is 0 Å². The van der Waals surface area contributed by atoms with E-state index in [2.05, 4.69) is 20.1 Å². The van der Waals surface area contributed by atoms with Crippen LogP contribution >= 0.6 is 0 Å². The Kier molecular flexibility index (Phi) is 6.21. The normalized spacial score (nSPS) is 19.7. The first-order chi connectivity index (χ1) is 14.4. The SMILES string of the molecule is CN1CCN(S(=O)(=O)c2ccc(N3CCC(Nc4ccccc4F)CC3)nc2)CC1. The number of aromatic nitrogens is 1. The van der Waals surface area contributed by atoms with Crippen LogP contribution in [-0.2, 0) is 10.0 Å². The molecule has 4 rings (SSSR count). The quantitative estimate of drug-likeness (QED) is 0.780. The summed E-state index contributed by atoms with van der Waals surface area (Å²) in [6.07, 6.45) is 3.18. The Morgan fingerprint density at radius 2 is 1.70 bits per heavy atom. The van der Waals surface area contributed by atoms with E-state index < -0.39 is 10.0 Å². The average Bonchev–Trinajstić information content (AvgIpc) is 2.76. The van der Waals surface area contributed by atoms with Gasteiger partial charge in [-0.3, -0.25) is 0 Å². The molecule has 0 aliphatic carbocycles. The van der Waals surface area contributed by atoms with E-state index in [0.29, 0.717) is 18.8 Å². The number of likely N-dealkylation sites (N-methyl/N-ethyl adjacent to an activating group) is 1. The standard InChI is InChI=1S/C21H28FN5O2S/c1-25-12-14-27(15-13-25)30(28,29)18-6-7-21(23-16-18)26-10-8-17(9-11-26)24-20-5-3-2-4-19(20)22/h2-7,16-17,24H,8-15H2,1H3. The van der Waals surface area contributed by atoms with E-state index in [0.717, 1.165) is 44.8 Å². The zero-order valence-electron chi connectivity index (χ0n) is 17.2. The summed E-state index contributed by atoms with van der Waals surface area (Å²) in [7, 11) is -1.50. The first kappa shape index (κ1) is 21.0. The second-order valence-electron chi connectivity index (χ2n) is 7.94. The largest absolute Gasteiger partial charge is 0.380 e. The van der Waals surface area contributed by atoms with Gasteiger partial charge in [-0.05, 0) is 44.2 Å². The van der Waals surface area contributed by atoms with Gasteiger partial charge in [-0.25, -0.2) is 17.8 Å². The molecule has 0 radical (unpaired) electrons. The number of benzene rings is 1. The lowest BCUT2D eigenvalue weighted by molar-refractivity contribution is 0.222. The number of anilines is 2. The van der Waals surface area contributed by atoms with Crippen LogP contribution in [0, 0.1) is 5.82 Å². The Bertz CT molecular complexity index is 954. The van der Waals surface area contributed by atoms with Gasteiger partial charge in [-0.2, -0.15) is 4.31 Å². The van der Waals surface area contributed by atoms with Crippen molar-refractivity contribution in [3.8, 4) is 0 Å². The van der Waals surface area contributed by atoms with Crippen LogP contribution in [0.15, 0.2) is 47.5 Å². The Hall–Kier alpha value is -2.23. The van der Waals surface area contributed by atoms with Gasteiger partial charge in [-0.15, -0.1) is 0 Å². The predicted octanol–water partition coefficient (Wildman–Crippen LogP) is 2.24. The molecule has 2 aliphatic rings. The minimum absolute atomic E-state index is 0.204. The molecule has 1 aromatic carbocycles. The molecule has 0 atom stereocenters. The highest BCUT2D eigenvalue weighted by Gasteiger charge is 2.28. The van der Waals surface area contributed by atoms with E-state index in [9.17, 15) is 12.8 Å². The van der Waals surface area contributed by atoms with Crippen LogP contribution < -0.4 is 10.2 Å². The van der Waals surface area contributed by atoms with Crippen LogP contribution in [0.2, 0.25) is 0 Å². The molecule has 0 spiro atoms. The highest BCUT2D eigenvalue weighted by molar-refractivity contribution is 7.89. The molecule has 2 aromatic rings. The van der Waals surface area contributed by atoms with Crippen molar-refractivity contribution in [1.82, 2.24) is 14.2 Å². The smallest absolute Gasteiger partial charge is 0.244 e. The molecule has 0 amide bonds. The van der Waals surface area contributed by atoms with Crippen molar-refractivity contribution in [3.05, 3.63) is 48.4 Å². The molecule has 9 heteroatoms. The van der Waals surface area contributed by atoms with Gasteiger partial charge in [-0.1, -0.05) is 12.1 Å². The molecule has 2 aliphatic heterocycles. The lowest BCUT2D eigenvalue weighted by Gasteiger charge is -2.34. The van der Waals surface area contributed by atoms with Crippen LogP contribution in [0.4, 0.5) is 15.9 Å². The van der Waals surface area contributed by atoms with Crippen LogP contribution in [0.5, 0.6) is 0 Å². The van der Waals surface area contributed by atoms with Gasteiger partial charge in [0.05, 0.1) is 5.69 Å². The highest BCUT2D eigenvalue weighted by Crippen LogP contribution is 2.24. The molecule has 2 saturated heterocycles. The number of piperazine rings is 1. The van der Waals surface area contributed by atoms with E-state index in [1.807, 2.05) is 13.1 Å². The molecule has 1 aromatic heterocycles. The summed E-state index contributed by atoms with van der Waals surface area (Å²) in [6.45, 7) is 4.04. The zero-order chi connectivity index (χ0) is 21.1. The second kappa shape index (κ2) is 8.87. The summed E-state index contributed by atoms with van der Waals surface area (Å²) in [4.78, 5) is 8.94. The summed E-state index contributed by atoms with van der Waals surface area (Å²) in [5.41, 5.74) is 0.535. The average molecular weight is 434 g/mol. The van der Waals surface area contributed by atoms with E-state index in [1.54, 1.807) is 24.3 Å². The molecule has 3 heterocycles. The van der Waals surface area contributed by atoms with Crippen molar-refractivity contribution in [2.75, 3.05) is 56.5 Å². The molecule has 162 valence electrons. The topological polar surface area (TPSA) is 68.8 Å². The van der Waals surface area contributed by atoms with Gasteiger partial charge in [0.25, 0.3) is 0 Å².